The normalized spacial score (nSPS) is 16.1. The summed E-state index contributed by atoms with van der Waals surface area (Å²) in [4.78, 5) is 17.9. The average Bonchev–Trinajstić information content (AvgIpc) is 2.64. The number of carbonyl (C=O) groups excluding carboxylic acids is 1. The van der Waals surface area contributed by atoms with Gasteiger partial charge in [0.2, 0.25) is 0 Å². The molecule has 2 aromatic rings. The molecule has 0 bridgehead atoms. The number of rotatable bonds is 3. The molecule has 8 heteroatoms. The molecular formula is C23H23F3N2O3. The minimum Gasteiger partial charge on any atom is -0.490 e. The lowest BCUT2D eigenvalue weighted by molar-refractivity contribution is -0.137. The molecule has 164 valence electrons. The molecule has 0 aliphatic carbocycles. The first-order chi connectivity index (χ1) is 14.5. The van der Waals surface area contributed by atoms with Crippen molar-refractivity contribution < 1.29 is 27.4 Å². The van der Waals surface area contributed by atoms with Crippen molar-refractivity contribution in [3.63, 3.8) is 0 Å². The molecule has 31 heavy (non-hydrogen) atoms. The Morgan fingerprint density at radius 1 is 1.16 bits per heavy atom. The first-order valence-corrected chi connectivity index (χ1v) is 9.78. The summed E-state index contributed by atoms with van der Waals surface area (Å²) in [7, 11) is 0. The Balaban J connectivity index is 1.61. The highest BCUT2D eigenvalue weighted by atomic mass is 19.4. The monoisotopic (exact) mass is 432 g/mol. The van der Waals surface area contributed by atoms with Crippen molar-refractivity contribution in [1.82, 2.24) is 9.88 Å². The van der Waals surface area contributed by atoms with Crippen LogP contribution in [0, 0.1) is 11.8 Å². The number of nitrogens with zero attached hydrogens (tertiary/aromatic N) is 2. The fourth-order valence-corrected chi connectivity index (χ4v) is 2.85. The highest BCUT2D eigenvalue weighted by molar-refractivity contribution is 5.69. The van der Waals surface area contributed by atoms with Gasteiger partial charge >= 0.3 is 12.3 Å². The minimum absolute atomic E-state index is 0.0882. The Hall–Kier alpha value is -3.21. The van der Waals surface area contributed by atoms with Gasteiger partial charge in [-0.2, -0.15) is 13.2 Å². The van der Waals surface area contributed by atoms with Gasteiger partial charge in [0.15, 0.2) is 0 Å². The fourth-order valence-electron chi connectivity index (χ4n) is 2.85. The zero-order valence-electron chi connectivity index (χ0n) is 17.5. The van der Waals surface area contributed by atoms with Crippen LogP contribution in [0.4, 0.5) is 18.0 Å². The van der Waals surface area contributed by atoms with Gasteiger partial charge in [-0.1, -0.05) is 17.9 Å². The molecule has 0 saturated carbocycles. The molecule has 5 nitrogen and oxygen atoms in total. The topological polar surface area (TPSA) is 51.7 Å². The summed E-state index contributed by atoms with van der Waals surface area (Å²) in [6, 6.07) is 6.40. The summed E-state index contributed by atoms with van der Waals surface area (Å²) in [6.45, 7) is 6.34. The molecule has 0 spiro atoms. The van der Waals surface area contributed by atoms with E-state index in [1.165, 1.54) is 24.5 Å². The van der Waals surface area contributed by atoms with E-state index in [1.807, 2.05) is 20.8 Å². The summed E-state index contributed by atoms with van der Waals surface area (Å²) >= 11 is 0. The zero-order valence-corrected chi connectivity index (χ0v) is 17.5. The van der Waals surface area contributed by atoms with E-state index < -0.39 is 17.3 Å². The minimum atomic E-state index is -4.41. The average molecular weight is 432 g/mol. The summed E-state index contributed by atoms with van der Waals surface area (Å²) in [5.74, 6) is 5.99. The number of aromatic nitrogens is 1. The van der Waals surface area contributed by atoms with E-state index in [1.54, 1.807) is 11.0 Å². The number of alkyl halides is 3. The number of benzene rings is 1. The molecular weight excluding hydrogens is 409 g/mol. The van der Waals surface area contributed by atoms with Gasteiger partial charge in [-0.25, -0.2) is 4.79 Å². The van der Waals surface area contributed by atoms with E-state index >= 15 is 0 Å². The van der Waals surface area contributed by atoms with Crippen LogP contribution in [0.1, 0.15) is 43.9 Å². The summed E-state index contributed by atoms with van der Waals surface area (Å²) in [6.07, 6.45) is -0.953. The van der Waals surface area contributed by atoms with Crippen LogP contribution in [-0.4, -0.2) is 40.8 Å². The van der Waals surface area contributed by atoms with Crippen molar-refractivity contribution in [1.29, 1.82) is 0 Å². The lowest BCUT2D eigenvalue weighted by Crippen LogP contribution is -2.55. The smallest absolute Gasteiger partial charge is 0.416 e. The maximum atomic E-state index is 12.8. The van der Waals surface area contributed by atoms with Crippen LogP contribution in [0.5, 0.6) is 5.75 Å². The van der Waals surface area contributed by atoms with Gasteiger partial charge in [0.25, 0.3) is 0 Å². The summed E-state index contributed by atoms with van der Waals surface area (Å²) < 4.78 is 49.6. The number of hydrogen-bond acceptors (Lipinski definition) is 4. The van der Waals surface area contributed by atoms with Crippen LogP contribution < -0.4 is 4.74 Å². The van der Waals surface area contributed by atoms with Crippen LogP contribution in [0.15, 0.2) is 42.7 Å². The van der Waals surface area contributed by atoms with E-state index in [-0.39, 0.29) is 24.3 Å². The third-order valence-corrected chi connectivity index (χ3v) is 4.47. The number of likely N-dealkylation sites (tertiary alicyclic amines) is 1. The molecule has 1 saturated heterocycles. The Bertz CT molecular complexity index is 1000. The zero-order chi connectivity index (χ0) is 22.6. The Morgan fingerprint density at radius 2 is 1.90 bits per heavy atom. The molecule has 2 heterocycles. The van der Waals surface area contributed by atoms with Crippen LogP contribution in [0.2, 0.25) is 0 Å². The SMILES string of the molecule is CC(C)(C)OC(=O)N1CC[C@H]1COc1cncc(C#Cc2cccc(C(F)(F)F)c2)c1. The second-order valence-electron chi connectivity index (χ2n) is 8.17. The molecule has 0 radical (unpaired) electrons. The molecule has 1 aliphatic heterocycles. The number of amides is 1. The summed E-state index contributed by atoms with van der Waals surface area (Å²) in [5.41, 5.74) is -0.546. The molecule has 3 rings (SSSR count). The van der Waals surface area contributed by atoms with Gasteiger partial charge < -0.3 is 14.4 Å². The number of carbonyl (C=O) groups is 1. The number of halogens is 3. The lowest BCUT2D eigenvalue weighted by atomic mass is 10.1. The number of hydrogen-bond donors (Lipinski definition) is 0. The molecule has 0 unspecified atom stereocenters. The fraction of sp³-hybridized carbons (Fsp3) is 0.391. The number of ether oxygens (including phenoxy) is 2. The van der Waals surface area contributed by atoms with E-state index in [2.05, 4.69) is 16.8 Å². The second kappa shape index (κ2) is 8.88. The molecule has 1 fully saturated rings. The number of pyridine rings is 1. The van der Waals surface area contributed by atoms with E-state index in [0.29, 0.717) is 17.9 Å². The largest absolute Gasteiger partial charge is 0.490 e. The van der Waals surface area contributed by atoms with Crippen LogP contribution in [-0.2, 0) is 10.9 Å². The third-order valence-electron chi connectivity index (χ3n) is 4.47. The quantitative estimate of drug-likeness (QED) is 0.649. The van der Waals surface area contributed by atoms with E-state index in [4.69, 9.17) is 9.47 Å². The first kappa shape index (κ1) is 22.5. The molecule has 1 amide bonds. The van der Waals surface area contributed by atoms with Crippen LogP contribution >= 0.6 is 0 Å². The van der Waals surface area contributed by atoms with Crippen molar-refractivity contribution >= 4 is 6.09 Å². The standard InChI is InChI=1S/C23H23F3N2O3/c1-22(2,3)31-21(29)28-10-9-19(28)15-30-20-12-17(13-27-14-20)8-7-16-5-4-6-18(11-16)23(24,25)26/h4-6,11-14,19H,9-10,15H2,1-3H3/t19-/m0/s1. The predicted octanol–water partition coefficient (Wildman–Crippen LogP) is 4.89. The van der Waals surface area contributed by atoms with Crippen molar-refractivity contribution in [2.45, 2.75) is 45.0 Å². The molecule has 1 atom stereocenters. The third kappa shape index (κ3) is 6.38. The Kier molecular flexibility index (Phi) is 6.44. The lowest BCUT2D eigenvalue weighted by Gasteiger charge is -2.40. The van der Waals surface area contributed by atoms with Crippen molar-refractivity contribution in [2.24, 2.45) is 0 Å². The van der Waals surface area contributed by atoms with Gasteiger partial charge in [0, 0.05) is 23.9 Å². The molecule has 1 aromatic carbocycles. The van der Waals surface area contributed by atoms with Crippen molar-refractivity contribution in [3.8, 4) is 17.6 Å². The maximum absolute atomic E-state index is 12.8. The van der Waals surface area contributed by atoms with Gasteiger partial charge in [-0.15, -0.1) is 0 Å². The second-order valence-corrected chi connectivity index (χ2v) is 8.17. The van der Waals surface area contributed by atoms with Gasteiger partial charge in [-0.3, -0.25) is 4.98 Å². The van der Waals surface area contributed by atoms with Crippen LogP contribution in [0.3, 0.4) is 0 Å². The molecule has 1 aliphatic rings. The van der Waals surface area contributed by atoms with Gasteiger partial charge in [0.05, 0.1) is 17.8 Å². The molecule has 0 N–H and O–H groups in total. The van der Waals surface area contributed by atoms with Crippen molar-refractivity contribution in [3.05, 3.63) is 59.4 Å². The van der Waals surface area contributed by atoms with Crippen LogP contribution in [0.25, 0.3) is 0 Å². The van der Waals surface area contributed by atoms with Crippen molar-refractivity contribution in [2.75, 3.05) is 13.2 Å². The van der Waals surface area contributed by atoms with Gasteiger partial charge in [0.1, 0.15) is 18.0 Å². The highest BCUT2D eigenvalue weighted by Crippen LogP contribution is 2.29. The predicted molar refractivity (Wildman–Crippen MR) is 109 cm³/mol. The summed E-state index contributed by atoms with van der Waals surface area (Å²) in [5, 5.41) is 0. The Labute approximate surface area is 179 Å². The maximum Gasteiger partial charge on any atom is 0.416 e. The Morgan fingerprint density at radius 3 is 2.55 bits per heavy atom. The highest BCUT2D eigenvalue weighted by Gasteiger charge is 2.35. The first-order valence-electron chi connectivity index (χ1n) is 9.78. The van der Waals surface area contributed by atoms with Gasteiger partial charge in [-0.05, 0) is 51.5 Å². The van der Waals surface area contributed by atoms with E-state index in [9.17, 15) is 18.0 Å². The molecule has 1 aromatic heterocycles. The van der Waals surface area contributed by atoms with E-state index in [0.717, 1.165) is 18.6 Å².